The van der Waals surface area contributed by atoms with Crippen LogP contribution >= 0.6 is 23.1 Å². The van der Waals surface area contributed by atoms with Crippen molar-refractivity contribution in [2.24, 2.45) is 0 Å². The number of nitrogens with zero attached hydrogens (tertiary/aromatic N) is 2. The number of hydrogen-bond acceptors (Lipinski definition) is 5. The first-order chi connectivity index (χ1) is 13.1. The van der Waals surface area contributed by atoms with Crippen LogP contribution < -0.4 is 4.72 Å². The maximum atomic E-state index is 13.2. The summed E-state index contributed by atoms with van der Waals surface area (Å²) in [5, 5.41) is 6.62. The van der Waals surface area contributed by atoms with E-state index in [1.54, 1.807) is 24.0 Å². The van der Waals surface area contributed by atoms with Gasteiger partial charge in [-0.25, -0.2) is 8.42 Å². The third kappa shape index (κ3) is 3.93. The molecule has 0 spiro atoms. The molecular formula is C19H21N3O2S3. The number of aromatic nitrogens is 2. The van der Waals surface area contributed by atoms with Crippen molar-refractivity contribution in [1.82, 2.24) is 9.78 Å². The Bertz CT molecular complexity index is 1020. The molecule has 0 saturated heterocycles. The van der Waals surface area contributed by atoms with Gasteiger partial charge in [-0.1, -0.05) is 25.0 Å². The monoisotopic (exact) mass is 419 g/mol. The molecule has 1 aliphatic rings. The minimum absolute atomic E-state index is 0.242. The first-order valence-electron chi connectivity index (χ1n) is 8.87. The minimum Gasteiger partial charge on any atom is -0.279 e. The summed E-state index contributed by atoms with van der Waals surface area (Å²) in [6.07, 6.45) is 8.10. The van der Waals surface area contributed by atoms with Crippen LogP contribution in [0.2, 0.25) is 0 Å². The third-order valence-electron chi connectivity index (χ3n) is 4.76. The molecule has 3 aromatic rings. The van der Waals surface area contributed by atoms with Gasteiger partial charge in [-0.05, 0) is 48.7 Å². The molecule has 27 heavy (non-hydrogen) atoms. The average Bonchev–Trinajstić information content (AvgIpc) is 3.41. The molecule has 0 amide bonds. The van der Waals surface area contributed by atoms with E-state index in [-0.39, 0.29) is 10.9 Å². The lowest BCUT2D eigenvalue weighted by molar-refractivity contribution is 0.467. The predicted octanol–water partition coefficient (Wildman–Crippen LogP) is 5.25. The van der Waals surface area contributed by atoms with E-state index in [4.69, 9.17) is 0 Å². The predicted molar refractivity (Wildman–Crippen MR) is 112 cm³/mol. The molecule has 142 valence electrons. The van der Waals surface area contributed by atoms with Crippen LogP contribution in [0.4, 0.5) is 5.69 Å². The quantitative estimate of drug-likeness (QED) is 0.554. The summed E-state index contributed by atoms with van der Waals surface area (Å²) in [4.78, 5) is 2.12. The standard InChI is InChI=1S/C19H21N3O2S3/c1-25-16-9-4-6-14(12-16)21-27(23,24)18-13-22(15-7-2-3-8-15)20-19(18)17-10-5-11-26-17/h4-6,9-13,15,21H,2-3,7-8H2,1H3. The number of anilines is 1. The molecule has 0 unspecified atom stereocenters. The van der Waals surface area contributed by atoms with Crippen LogP contribution in [0, 0.1) is 0 Å². The van der Waals surface area contributed by atoms with Crippen molar-refractivity contribution >= 4 is 38.8 Å². The van der Waals surface area contributed by atoms with Gasteiger partial charge in [0.25, 0.3) is 10.0 Å². The first kappa shape index (κ1) is 18.6. The Balaban J connectivity index is 1.74. The number of hydrogen-bond donors (Lipinski definition) is 1. The molecule has 0 radical (unpaired) electrons. The average molecular weight is 420 g/mol. The van der Waals surface area contributed by atoms with Crippen LogP contribution in [0.3, 0.4) is 0 Å². The lowest BCUT2D eigenvalue weighted by atomic mass is 10.3. The van der Waals surface area contributed by atoms with E-state index < -0.39 is 10.0 Å². The third-order valence-corrected chi connectivity index (χ3v) is 7.75. The topological polar surface area (TPSA) is 64.0 Å². The summed E-state index contributed by atoms with van der Waals surface area (Å²) in [5.74, 6) is 0. The zero-order valence-electron chi connectivity index (χ0n) is 15.0. The van der Waals surface area contributed by atoms with Gasteiger partial charge in [0, 0.05) is 16.8 Å². The summed E-state index contributed by atoms with van der Waals surface area (Å²) < 4.78 is 30.9. The Kier molecular flexibility index (Phi) is 5.29. The van der Waals surface area contributed by atoms with E-state index in [1.165, 1.54) is 24.2 Å². The molecule has 0 bridgehead atoms. The van der Waals surface area contributed by atoms with Gasteiger partial charge >= 0.3 is 0 Å². The van der Waals surface area contributed by atoms with Gasteiger partial charge in [-0.2, -0.15) is 5.10 Å². The summed E-state index contributed by atoms with van der Waals surface area (Å²) in [6, 6.07) is 11.5. The lowest BCUT2D eigenvalue weighted by Crippen LogP contribution is -2.13. The van der Waals surface area contributed by atoms with E-state index in [2.05, 4.69) is 9.82 Å². The molecule has 1 aromatic carbocycles. The van der Waals surface area contributed by atoms with Crippen LogP contribution in [-0.4, -0.2) is 24.5 Å². The highest BCUT2D eigenvalue weighted by Crippen LogP contribution is 2.35. The smallest absolute Gasteiger partial charge is 0.265 e. The maximum absolute atomic E-state index is 13.2. The van der Waals surface area contributed by atoms with E-state index >= 15 is 0 Å². The molecule has 0 aliphatic heterocycles. The van der Waals surface area contributed by atoms with Gasteiger partial charge < -0.3 is 0 Å². The summed E-state index contributed by atoms with van der Waals surface area (Å²) >= 11 is 3.08. The first-order valence-corrected chi connectivity index (χ1v) is 12.5. The van der Waals surface area contributed by atoms with Crippen LogP contribution in [-0.2, 0) is 10.0 Å². The number of rotatable bonds is 6. The van der Waals surface area contributed by atoms with Crippen LogP contribution in [0.5, 0.6) is 0 Å². The van der Waals surface area contributed by atoms with Crippen LogP contribution in [0.15, 0.2) is 57.8 Å². The van der Waals surface area contributed by atoms with Crippen LogP contribution in [0.25, 0.3) is 10.6 Å². The minimum atomic E-state index is -3.74. The van der Waals surface area contributed by atoms with E-state index in [1.807, 2.05) is 46.6 Å². The number of benzene rings is 1. The van der Waals surface area contributed by atoms with Crippen LogP contribution in [0.1, 0.15) is 31.7 Å². The second-order valence-corrected chi connectivity index (χ2v) is 10.1. The Morgan fingerprint density at radius 2 is 2.04 bits per heavy atom. The molecule has 8 heteroatoms. The van der Waals surface area contributed by atoms with Crippen molar-refractivity contribution in [2.45, 2.75) is 41.5 Å². The Hall–Kier alpha value is -1.77. The van der Waals surface area contributed by atoms with Gasteiger partial charge in [-0.3, -0.25) is 9.40 Å². The van der Waals surface area contributed by atoms with Gasteiger partial charge in [0.1, 0.15) is 10.6 Å². The summed E-state index contributed by atoms with van der Waals surface area (Å²) in [7, 11) is -3.74. The molecular weight excluding hydrogens is 398 g/mol. The number of thioether (sulfide) groups is 1. The van der Waals surface area contributed by atoms with Gasteiger partial charge in [0.2, 0.25) is 0 Å². The molecule has 2 aromatic heterocycles. The van der Waals surface area contributed by atoms with Gasteiger partial charge in [0.15, 0.2) is 0 Å². The molecule has 1 N–H and O–H groups in total. The molecule has 2 heterocycles. The van der Waals surface area contributed by atoms with Crippen molar-refractivity contribution in [1.29, 1.82) is 0 Å². The number of thiophene rings is 1. The highest BCUT2D eigenvalue weighted by atomic mass is 32.2. The fourth-order valence-corrected chi connectivity index (χ4v) is 5.85. The number of nitrogens with one attached hydrogen (secondary N) is 1. The fourth-order valence-electron chi connectivity index (χ4n) is 3.41. The highest BCUT2D eigenvalue weighted by molar-refractivity contribution is 7.98. The van der Waals surface area contributed by atoms with E-state index in [0.29, 0.717) is 11.4 Å². The van der Waals surface area contributed by atoms with Gasteiger partial charge in [-0.15, -0.1) is 23.1 Å². The lowest BCUT2D eigenvalue weighted by Gasteiger charge is -2.09. The van der Waals surface area contributed by atoms with E-state index in [9.17, 15) is 8.42 Å². The maximum Gasteiger partial charge on any atom is 0.265 e. The highest BCUT2D eigenvalue weighted by Gasteiger charge is 2.27. The zero-order valence-corrected chi connectivity index (χ0v) is 17.4. The van der Waals surface area contributed by atoms with Crippen molar-refractivity contribution in [3.8, 4) is 10.6 Å². The normalized spacial score (nSPS) is 15.3. The Morgan fingerprint density at radius 3 is 2.74 bits per heavy atom. The zero-order chi connectivity index (χ0) is 18.9. The Morgan fingerprint density at radius 1 is 1.22 bits per heavy atom. The van der Waals surface area contributed by atoms with Crippen molar-refractivity contribution in [3.05, 3.63) is 48.0 Å². The van der Waals surface area contributed by atoms with Crippen molar-refractivity contribution in [2.75, 3.05) is 11.0 Å². The largest absolute Gasteiger partial charge is 0.279 e. The fraction of sp³-hybridized carbons (Fsp3) is 0.316. The van der Waals surface area contributed by atoms with E-state index in [0.717, 1.165) is 22.6 Å². The van der Waals surface area contributed by atoms with Gasteiger partial charge in [0.05, 0.1) is 10.9 Å². The summed E-state index contributed by atoms with van der Waals surface area (Å²) in [6.45, 7) is 0. The van der Waals surface area contributed by atoms with Crippen molar-refractivity contribution < 1.29 is 8.42 Å². The molecule has 0 atom stereocenters. The molecule has 1 aliphatic carbocycles. The Labute approximate surface area is 167 Å². The molecule has 4 rings (SSSR count). The molecule has 5 nitrogen and oxygen atoms in total. The second kappa shape index (κ2) is 7.69. The summed E-state index contributed by atoms with van der Waals surface area (Å²) in [5.41, 5.74) is 1.10. The number of sulfonamides is 1. The van der Waals surface area contributed by atoms with Crippen molar-refractivity contribution in [3.63, 3.8) is 0 Å². The second-order valence-electron chi connectivity index (χ2n) is 6.58. The molecule has 1 saturated carbocycles. The molecule has 1 fully saturated rings. The SMILES string of the molecule is CSc1cccc(NS(=O)(=O)c2cn(C3CCCC3)nc2-c2cccs2)c1.